The first-order chi connectivity index (χ1) is 15.3. The van der Waals surface area contributed by atoms with Gasteiger partial charge in [0.05, 0.1) is 18.7 Å². The molecule has 2 aromatic carbocycles. The monoisotopic (exact) mass is 443 g/mol. The van der Waals surface area contributed by atoms with E-state index in [1.807, 2.05) is 4.90 Å². The van der Waals surface area contributed by atoms with Crippen LogP contribution in [0.15, 0.2) is 60.8 Å². The van der Waals surface area contributed by atoms with Crippen molar-refractivity contribution >= 4 is 23.4 Å². The van der Waals surface area contributed by atoms with Crippen LogP contribution in [0.2, 0.25) is 0 Å². The lowest BCUT2D eigenvalue weighted by Gasteiger charge is -2.39. The summed E-state index contributed by atoms with van der Waals surface area (Å²) in [4.78, 5) is 22.5. The number of alkyl halides is 3. The second-order valence-electron chi connectivity index (χ2n) is 7.19. The number of carbonyl (C=O) groups excluding carboxylic acids is 1. The molecule has 0 atom stereocenters. The third-order valence-electron chi connectivity index (χ3n) is 4.91. The summed E-state index contributed by atoms with van der Waals surface area (Å²) < 4.78 is 43.7. The van der Waals surface area contributed by atoms with Crippen LogP contribution in [-0.4, -0.2) is 42.1 Å². The number of ether oxygens (including phenoxy) is 1. The number of halogens is 3. The Morgan fingerprint density at radius 3 is 2.56 bits per heavy atom. The van der Waals surface area contributed by atoms with E-state index in [4.69, 9.17) is 4.74 Å². The number of carbonyl (C=O) groups is 1. The highest BCUT2D eigenvalue weighted by atomic mass is 19.4. The summed E-state index contributed by atoms with van der Waals surface area (Å²) in [6.45, 7) is 1.09. The lowest BCUT2D eigenvalue weighted by Crippen LogP contribution is -2.54. The first-order valence-corrected chi connectivity index (χ1v) is 9.83. The maximum absolute atomic E-state index is 12.7. The van der Waals surface area contributed by atoms with E-state index < -0.39 is 11.7 Å². The fraction of sp³-hybridized carbons (Fsp3) is 0.227. The first-order valence-electron chi connectivity index (χ1n) is 9.83. The zero-order valence-electron chi connectivity index (χ0n) is 17.1. The highest BCUT2D eigenvalue weighted by molar-refractivity contribution is 5.95. The molecule has 1 aromatic heterocycles. The third kappa shape index (κ3) is 4.90. The SMILES string of the molecule is CNC(=O)c1cccc(Nc2nccc(N3CC(Oc4ccc(C(F)(F)F)cc4)C3)n2)c1. The standard InChI is InChI=1S/C22H20F3N5O2/c1-26-20(31)14-3-2-4-16(11-14)28-21-27-10-9-19(29-21)30-12-18(13-30)32-17-7-5-15(6-8-17)22(23,24)25/h2-11,18H,12-13H2,1H3,(H,26,31)(H,27,28,29). The fourth-order valence-electron chi connectivity index (χ4n) is 3.21. The Morgan fingerprint density at radius 1 is 1.12 bits per heavy atom. The normalized spacial score (nSPS) is 13.9. The molecule has 1 aliphatic rings. The van der Waals surface area contributed by atoms with Crippen LogP contribution in [0, 0.1) is 0 Å². The van der Waals surface area contributed by atoms with Crippen molar-refractivity contribution in [2.24, 2.45) is 0 Å². The number of hydrogen-bond acceptors (Lipinski definition) is 6. The molecule has 10 heteroatoms. The maximum atomic E-state index is 12.7. The Balaban J connectivity index is 1.35. The van der Waals surface area contributed by atoms with Crippen molar-refractivity contribution < 1.29 is 22.7 Å². The van der Waals surface area contributed by atoms with Gasteiger partial charge in [0.2, 0.25) is 5.95 Å². The van der Waals surface area contributed by atoms with Gasteiger partial charge in [-0.1, -0.05) is 6.07 Å². The number of rotatable bonds is 6. The van der Waals surface area contributed by atoms with Crippen molar-refractivity contribution in [1.82, 2.24) is 15.3 Å². The number of amides is 1. The average molecular weight is 443 g/mol. The number of aromatic nitrogens is 2. The fourth-order valence-corrected chi connectivity index (χ4v) is 3.21. The van der Waals surface area contributed by atoms with Crippen LogP contribution in [-0.2, 0) is 6.18 Å². The van der Waals surface area contributed by atoms with Crippen LogP contribution < -0.4 is 20.3 Å². The van der Waals surface area contributed by atoms with Crippen molar-refractivity contribution in [1.29, 1.82) is 0 Å². The summed E-state index contributed by atoms with van der Waals surface area (Å²) >= 11 is 0. The molecule has 7 nitrogen and oxygen atoms in total. The van der Waals surface area contributed by atoms with Gasteiger partial charge in [-0.2, -0.15) is 18.2 Å². The van der Waals surface area contributed by atoms with E-state index in [1.165, 1.54) is 12.1 Å². The molecule has 1 amide bonds. The van der Waals surface area contributed by atoms with Crippen molar-refractivity contribution in [2.75, 3.05) is 30.4 Å². The lowest BCUT2D eigenvalue weighted by molar-refractivity contribution is -0.137. The smallest absolute Gasteiger partial charge is 0.416 e. The van der Waals surface area contributed by atoms with E-state index in [2.05, 4.69) is 20.6 Å². The molecule has 1 saturated heterocycles. The van der Waals surface area contributed by atoms with Gasteiger partial charge in [-0.05, 0) is 48.5 Å². The number of nitrogens with one attached hydrogen (secondary N) is 2. The van der Waals surface area contributed by atoms with Gasteiger partial charge in [0, 0.05) is 24.5 Å². The highest BCUT2D eigenvalue weighted by Gasteiger charge is 2.32. The number of anilines is 3. The molecular formula is C22H20F3N5O2. The van der Waals surface area contributed by atoms with Gasteiger partial charge in [-0.15, -0.1) is 0 Å². The Morgan fingerprint density at radius 2 is 1.88 bits per heavy atom. The molecule has 32 heavy (non-hydrogen) atoms. The maximum Gasteiger partial charge on any atom is 0.416 e. The molecule has 2 heterocycles. The Bertz CT molecular complexity index is 1100. The highest BCUT2D eigenvalue weighted by Crippen LogP contribution is 2.31. The van der Waals surface area contributed by atoms with Crippen molar-refractivity contribution in [3.05, 3.63) is 71.9 Å². The topological polar surface area (TPSA) is 79.4 Å². The summed E-state index contributed by atoms with van der Waals surface area (Å²) in [6.07, 6.45) is -2.90. The number of nitrogens with zero attached hydrogens (tertiary/aromatic N) is 3. The largest absolute Gasteiger partial charge is 0.487 e. The van der Waals surface area contributed by atoms with Gasteiger partial charge in [0.1, 0.15) is 17.7 Å². The molecule has 0 radical (unpaired) electrons. The van der Waals surface area contributed by atoms with E-state index in [9.17, 15) is 18.0 Å². The van der Waals surface area contributed by atoms with Crippen LogP contribution in [0.1, 0.15) is 15.9 Å². The molecule has 0 saturated carbocycles. The summed E-state index contributed by atoms with van der Waals surface area (Å²) in [6, 6.07) is 13.4. The van der Waals surface area contributed by atoms with Crippen molar-refractivity contribution in [3.63, 3.8) is 0 Å². The van der Waals surface area contributed by atoms with E-state index in [0.717, 1.165) is 12.1 Å². The van der Waals surface area contributed by atoms with E-state index in [-0.39, 0.29) is 12.0 Å². The molecule has 166 valence electrons. The van der Waals surface area contributed by atoms with E-state index in [0.29, 0.717) is 41.9 Å². The van der Waals surface area contributed by atoms with E-state index in [1.54, 1.807) is 43.6 Å². The quantitative estimate of drug-likeness (QED) is 0.602. The van der Waals surface area contributed by atoms with Gasteiger partial charge in [-0.25, -0.2) is 4.98 Å². The predicted octanol–water partition coefficient (Wildman–Crippen LogP) is 3.87. The molecule has 4 rings (SSSR count). The Kier molecular flexibility index (Phi) is 5.85. The van der Waals surface area contributed by atoms with Crippen LogP contribution >= 0.6 is 0 Å². The zero-order valence-corrected chi connectivity index (χ0v) is 17.1. The van der Waals surface area contributed by atoms with Gasteiger partial charge >= 0.3 is 6.18 Å². The molecule has 0 bridgehead atoms. The summed E-state index contributed by atoms with van der Waals surface area (Å²) in [5, 5.41) is 5.66. The van der Waals surface area contributed by atoms with Gasteiger partial charge in [0.15, 0.2) is 0 Å². The molecule has 2 N–H and O–H groups in total. The molecule has 1 aliphatic heterocycles. The molecular weight excluding hydrogens is 423 g/mol. The first kappa shape index (κ1) is 21.4. The summed E-state index contributed by atoms with van der Waals surface area (Å²) in [5.74, 6) is 1.27. The Labute approximate surface area is 182 Å². The molecule has 3 aromatic rings. The molecule has 0 aliphatic carbocycles. The van der Waals surface area contributed by atoms with Crippen molar-refractivity contribution in [2.45, 2.75) is 12.3 Å². The summed E-state index contributed by atoms with van der Waals surface area (Å²) in [7, 11) is 1.57. The second-order valence-corrected chi connectivity index (χ2v) is 7.19. The molecule has 1 fully saturated rings. The zero-order chi connectivity index (χ0) is 22.7. The van der Waals surface area contributed by atoms with Gasteiger partial charge in [-0.3, -0.25) is 4.79 Å². The van der Waals surface area contributed by atoms with Crippen LogP contribution in [0.3, 0.4) is 0 Å². The van der Waals surface area contributed by atoms with Crippen molar-refractivity contribution in [3.8, 4) is 5.75 Å². The predicted molar refractivity (Wildman–Crippen MR) is 113 cm³/mol. The van der Waals surface area contributed by atoms with Crippen LogP contribution in [0.5, 0.6) is 5.75 Å². The minimum atomic E-state index is -4.37. The Hall–Kier alpha value is -3.82. The lowest BCUT2D eigenvalue weighted by atomic mass is 10.1. The summed E-state index contributed by atoms with van der Waals surface area (Å²) in [5.41, 5.74) is 0.483. The second kappa shape index (κ2) is 8.74. The van der Waals surface area contributed by atoms with Gasteiger partial charge in [0.25, 0.3) is 5.91 Å². The van der Waals surface area contributed by atoms with Crippen LogP contribution in [0.25, 0.3) is 0 Å². The minimum Gasteiger partial charge on any atom is -0.487 e. The van der Waals surface area contributed by atoms with E-state index >= 15 is 0 Å². The van der Waals surface area contributed by atoms with Gasteiger partial charge < -0.3 is 20.3 Å². The molecule has 0 unspecified atom stereocenters. The average Bonchev–Trinajstić information content (AvgIpc) is 2.75. The minimum absolute atomic E-state index is 0.151. The molecule has 0 spiro atoms. The van der Waals surface area contributed by atoms with Crippen LogP contribution in [0.4, 0.5) is 30.6 Å². The number of benzene rings is 2. The third-order valence-corrected chi connectivity index (χ3v) is 4.91. The number of hydrogen-bond donors (Lipinski definition) is 2.